The van der Waals surface area contributed by atoms with Gasteiger partial charge in [0, 0.05) is 0 Å². The highest BCUT2D eigenvalue weighted by Gasteiger charge is 2.17. The van der Waals surface area contributed by atoms with Gasteiger partial charge in [0.05, 0.1) is 22.6 Å². The molecule has 0 bridgehead atoms. The van der Waals surface area contributed by atoms with Crippen LogP contribution in [0.5, 0.6) is 5.75 Å². The summed E-state index contributed by atoms with van der Waals surface area (Å²) in [4.78, 5) is 3.50. The summed E-state index contributed by atoms with van der Waals surface area (Å²) in [5.41, 5.74) is 5.01. The molecule has 3 nitrogen and oxygen atoms in total. The van der Waals surface area contributed by atoms with Crippen LogP contribution >= 0.6 is 22.6 Å². The third-order valence-corrected chi connectivity index (χ3v) is 2.59. The molecular weight excluding hydrogens is 293 g/mol. The molecule has 1 heterocycles. The molecule has 0 aliphatic heterocycles. The summed E-state index contributed by atoms with van der Waals surface area (Å²) in [6.45, 7) is 0. The fourth-order valence-corrected chi connectivity index (χ4v) is 1.45. The van der Waals surface area contributed by atoms with Crippen molar-refractivity contribution in [3.05, 3.63) is 15.5 Å². The van der Waals surface area contributed by atoms with Gasteiger partial charge < -0.3 is 10.5 Å². The summed E-state index contributed by atoms with van der Waals surface area (Å²) in [6.07, 6.45) is -1.42. The summed E-state index contributed by atoms with van der Waals surface area (Å²) in [7, 11) is 1.43. The first-order chi connectivity index (χ1) is 6.07. The number of ether oxygens (including phenoxy) is 1. The molecule has 0 spiro atoms. The molecule has 0 atom stereocenters. The van der Waals surface area contributed by atoms with Crippen molar-refractivity contribution in [2.24, 2.45) is 0 Å². The third kappa shape index (κ3) is 1.98. The molecule has 0 aliphatic carbocycles. The van der Waals surface area contributed by atoms with Crippen molar-refractivity contribution in [2.75, 3.05) is 12.8 Å². The van der Waals surface area contributed by atoms with Crippen LogP contribution in [0.15, 0.2) is 6.20 Å². The molecule has 0 saturated heterocycles. The Balaban J connectivity index is 3.23. The van der Waals surface area contributed by atoms with Crippen LogP contribution in [-0.2, 0) is 0 Å². The maximum absolute atomic E-state index is 12.3. The van der Waals surface area contributed by atoms with Gasteiger partial charge in [0.1, 0.15) is 5.69 Å². The summed E-state index contributed by atoms with van der Waals surface area (Å²) < 4.78 is 29.8. The molecule has 0 aromatic carbocycles. The van der Waals surface area contributed by atoms with Crippen molar-refractivity contribution in [3.63, 3.8) is 0 Å². The zero-order valence-electron chi connectivity index (χ0n) is 6.72. The standard InChI is InChI=1S/C7H7F2IN2O/c1-13-3-2-12-6(7(8)9)5(11)4(3)10/h2,7H,11H2,1H3. The Morgan fingerprint density at radius 3 is 2.69 bits per heavy atom. The third-order valence-electron chi connectivity index (χ3n) is 1.48. The van der Waals surface area contributed by atoms with Gasteiger partial charge in [-0.25, -0.2) is 13.8 Å². The lowest BCUT2D eigenvalue weighted by atomic mass is 10.3. The zero-order valence-corrected chi connectivity index (χ0v) is 8.88. The first kappa shape index (κ1) is 10.4. The second-order valence-corrected chi connectivity index (χ2v) is 3.32. The zero-order chi connectivity index (χ0) is 10.0. The number of pyridine rings is 1. The summed E-state index contributed by atoms with van der Waals surface area (Å²) >= 11 is 1.84. The van der Waals surface area contributed by atoms with Crippen LogP contribution in [0.2, 0.25) is 0 Å². The Labute approximate surface area is 87.4 Å². The van der Waals surface area contributed by atoms with E-state index in [-0.39, 0.29) is 5.69 Å². The minimum absolute atomic E-state index is 0.0186. The number of rotatable bonds is 2. The van der Waals surface area contributed by atoms with Crippen LogP contribution in [0.25, 0.3) is 0 Å². The van der Waals surface area contributed by atoms with Crippen molar-refractivity contribution in [3.8, 4) is 5.75 Å². The van der Waals surface area contributed by atoms with Crippen molar-refractivity contribution < 1.29 is 13.5 Å². The van der Waals surface area contributed by atoms with Gasteiger partial charge in [0.25, 0.3) is 6.43 Å². The lowest BCUT2D eigenvalue weighted by Crippen LogP contribution is -2.02. The quantitative estimate of drug-likeness (QED) is 0.852. The second kappa shape index (κ2) is 4.03. The van der Waals surface area contributed by atoms with Gasteiger partial charge in [0.15, 0.2) is 5.75 Å². The topological polar surface area (TPSA) is 48.1 Å². The van der Waals surface area contributed by atoms with E-state index in [1.165, 1.54) is 13.3 Å². The van der Waals surface area contributed by atoms with E-state index in [0.717, 1.165) is 0 Å². The number of aromatic nitrogens is 1. The Morgan fingerprint density at radius 1 is 1.62 bits per heavy atom. The summed E-state index contributed by atoms with van der Waals surface area (Å²) in [5.74, 6) is 0.405. The van der Waals surface area contributed by atoms with E-state index < -0.39 is 12.1 Å². The Bertz CT molecular complexity index is 320. The summed E-state index contributed by atoms with van der Waals surface area (Å²) in [6, 6.07) is 0. The van der Waals surface area contributed by atoms with Crippen LogP contribution in [0.3, 0.4) is 0 Å². The van der Waals surface area contributed by atoms with E-state index in [2.05, 4.69) is 4.98 Å². The molecule has 0 amide bonds. The number of nitrogens with two attached hydrogens (primary N) is 1. The maximum Gasteiger partial charge on any atom is 0.282 e. The second-order valence-electron chi connectivity index (χ2n) is 2.24. The molecule has 0 saturated carbocycles. The SMILES string of the molecule is COc1cnc(C(F)F)c(N)c1I. The molecule has 13 heavy (non-hydrogen) atoms. The molecule has 72 valence electrons. The molecule has 1 aromatic heterocycles. The molecule has 0 fully saturated rings. The van der Waals surface area contributed by atoms with Gasteiger partial charge in [-0.2, -0.15) is 0 Å². The average molecular weight is 300 g/mol. The van der Waals surface area contributed by atoms with Crippen LogP contribution in [0.4, 0.5) is 14.5 Å². The molecule has 1 rings (SSSR count). The van der Waals surface area contributed by atoms with Crippen molar-refractivity contribution in [1.82, 2.24) is 4.98 Å². The monoisotopic (exact) mass is 300 g/mol. The molecule has 1 aromatic rings. The maximum atomic E-state index is 12.3. The molecule has 2 N–H and O–H groups in total. The Morgan fingerprint density at radius 2 is 2.23 bits per heavy atom. The first-order valence-electron chi connectivity index (χ1n) is 3.34. The van der Waals surface area contributed by atoms with Gasteiger partial charge in [0.2, 0.25) is 0 Å². The van der Waals surface area contributed by atoms with Gasteiger partial charge in [-0.1, -0.05) is 0 Å². The number of alkyl halides is 2. The number of nitrogen functional groups attached to an aromatic ring is 1. The van der Waals surface area contributed by atoms with E-state index in [1.54, 1.807) is 0 Å². The van der Waals surface area contributed by atoms with Crippen LogP contribution in [0, 0.1) is 3.57 Å². The number of methoxy groups -OCH3 is 1. The van der Waals surface area contributed by atoms with E-state index >= 15 is 0 Å². The van der Waals surface area contributed by atoms with Gasteiger partial charge in [-0.15, -0.1) is 0 Å². The van der Waals surface area contributed by atoms with Crippen LogP contribution in [0.1, 0.15) is 12.1 Å². The highest BCUT2D eigenvalue weighted by Crippen LogP contribution is 2.31. The van der Waals surface area contributed by atoms with E-state index in [1.807, 2.05) is 22.6 Å². The van der Waals surface area contributed by atoms with Crippen molar-refractivity contribution in [2.45, 2.75) is 6.43 Å². The van der Waals surface area contributed by atoms with Gasteiger partial charge >= 0.3 is 0 Å². The Kier molecular flexibility index (Phi) is 3.23. The average Bonchev–Trinajstić information content (AvgIpc) is 2.09. The number of halogens is 3. The lowest BCUT2D eigenvalue weighted by Gasteiger charge is -2.08. The largest absolute Gasteiger partial charge is 0.494 e. The fraction of sp³-hybridized carbons (Fsp3) is 0.286. The predicted octanol–water partition coefficient (Wildman–Crippen LogP) is 2.21. The fourth-order valence-electron chi connectivity index (χ4n) is 0.816. The first-order valence-corrected chi connectivity index (χ1v) is 4.41. The van der Waals surface area contributed by atoms with E-state index in [9.17, 15) is 8.78 Å². The molecule has 6 heteroatoms. The lowest BCUT2D eigenvalue weighted by molar-refractivity contribution is 0.147. The number of hydrogen-bond donors (Lipinski definition) is 1. The molecular formula is C7H7F2IN2O. The van der Waals surface area contributed by atoms with Crippen LogP contribution < -0.4 is 10.5 Å². The minimum Gasteiger partial charge on any atom is -0.494 e. The smallest absolute Gasteiger partial charge is 0.282 e. The minimum atomic E-state index is -2.65. The summed E-state index contributed by atoms with van der Waals surface area (Å²) in [5, 5.41) is 0. The Hall–Kier alpha value is -0.660. The van der Waals surface area contributed by atoms with E-state index in [0.29, 0.717) is 9.32 Å². The van der Waals surface area contributed by atoms with E-state index in [4.69, 9.17) is 10.5 Å². The molecule has 0 unspecified atom stereocenters. The van der Waals surface area contributed by atoms with Gasteiger partial charge in [-0.05, 0) is 22.6 Å². The highest BCUT2D eigenvalue weighted by molar-refractivity contribution is 14.1. The normalized spacial score (nSPS) is 10.5. The van der Waals surface area contributed by atoms with Crippen LogP contribution in [-0.4, -0.2) is 12.1 Å². The number of nitrogens with zero attached hydrogens (tertiary/aromatic N) is 1. The van der Waals surface area contributed by atoms with Crippen molar-refractivity contribution >= 4 is 28.3 Å². The van der Waals surface area contributed by atoms with Crippen molar-refractivity contribution in [1.29, 1.82) is 0 Å². The highest BCUT2D eigenvalue weighted by atomic mass is 127. The number of hydrogen-bond acceptors (Lipinski definition) is 3. The predicted molar refractivity (Wildman–Crippen MR) is 52.9 cm³/mol. The number of anilines is 1. The molecule has 0 radical (unpaired) electrons. The molecule has 0 aliphatic rings. The van der Waals surface area contributed by atoms with Gasteiger partial charge in [-0.3, -0.25) is 0 Å².